The van der Waals surface area contributed by atoms with Crippen LogP contribution in [0.1, 0.15) is 29.8 Å². The highest BCUT2D eigenvalue weighted by atomic mass is 19.1. The summed E-state index contributed by atoms with van der Waals surface area (Å²) in [5.74, 6) is -2.22. The Kier molecular flexibility index (Phi) is 3.55. The largest absolute Gasteiger partial charge is 0.427 e. The molecule has 1 aliphatic heterocycles. The quantitative estimate of drug-likeness (QED) is 0.552. The first-order valence-electron chi connectivity index (χ1n) is 7.26. The second-order valence-electron chi connectivity index (χ2n) is 5.54. The van der Waals surface area contributed by atoms with Crippen LogP contribution in [0.3, 0.4) is 0 Å². The number of anilines is 2. The van der Waals surface area contributed by atoms with Crippen LogP contribution >= 0.6 is 0 Å². The first-order valence-corrected chi connectivity index (χ1v) is 7.26. The molecule has 8 nitrogen and oxygen atoms in total. The highest BCUT2D eigenvalue weighted by Crippen LogP contribution is 2.27. The lowest BCUT2D eigenvalue weighted by Gasteiger charge is -2.29. The molecule has 1 saturated heterocycles. The summed E-state index contributed by atoms with van der Waals surface area (Å²) < 4.78 is 15.0. The lowest BCUT2D eigenvalue weighted by Crippen LogP contribution is -2.33. The predicted octanol–water partition coefficient (Wildman–Crippen LogP) is 0.604. The fourth-order valence-corrected chi connectivity index (χ4v) is 2.94. The van der Waals surface area contributed by atoms with E-state index < -0.39 is 23.2 Å². The normalized spacial score (nSPS) is 15.1. The maximum Gasteiger partial charge on any atom is 0.351 e. The van der Waals surface area contributed by atoms with Crippen molar-refractivity contribution < 1.29 is 18.8 Å². The smallest absolute Gasteiger partial charge is 0.351 e. The van der Waals surface area contributed by atoms with Gasteiger partial charge < -0.3 is 15.8 Å². The number of primary amides is 1. The van der Waals surface area contributed by atoms with Gasteiger partial charge in [0.15, 0.2) is 0 Å². The number of nitrogen functional groups attached to an aromatic ring is 1. The fourth-order valence-electron chi connectivity index (χ4n) is 2.94. The molecule has 2 heterocycles. The van der Waals surface area contributed by atoms with Gasteiger partial charge in [0.05, 0.1) is 5.69 Å². The number of nitrogens with two attached hydrogens (primary N) is 2. The molecule has 23 heavy (non-hydrogen) atoms. The van der Waals surface area contributed by atoms with Crippen LogP contribution in [0.4, 0.5) is 15.9 Å². The average molecular weight is 322 g/mol. The van der Waals surface area contributed by atoms with Gasteiger partial charge >= 0.3 is 5.82 Å². The van der Waals surface area contributed by atoms with Gasteiger partial charge in [-0.2, -0.15) is 4.73 Å². The van der Waals surface area contributed by atoms with Gasteiger partial charge in [0.25, 0.3) is 5.91 Å². The third-order valence-electron chi connectivity index (χ3n) is 4.09. The Morgan fingerprint density at radius 1 is 1.26 bits per heavy atom. The van der Waals surface area contributed by atoms with Gasteiger partial charge in [0.2, 0.25) is 11.2 Å². The van der Waals surface area contributed by atoms with Crippen molar-refractivity contribution in [2.24, 2.45) is 5.73 Å². The van der Waals surface area contributed by atoms with Gasteiger partial charge in [0, 0.05) is 29.6 Å². The number of benzene rings is 1. The molecule has 0 unspecified atom stereocenters. The molecule has 1 aliphatic rings. The van der Waals surface area contributed by atoms with Crippen LogP contribution in [-0.2, 0) is 0 Å². The van der Waals surface area contributed by atoms with Crippen molar-refractivity contribution in [2.45, 2.75) is 19.3 Å². The molecule has 1 amide bonds. The van der Waals surface area contributed by atoms with E-state index in [0.717, 1.165) is 25.3 Å². The molecule has 0 spiro atoms. The zero-order chi connectivity index (χ0) is 16.7. The lowest BCUT2D eigenvalue weighted by molar-refractivity contribution is -0.448. The van der Waals surface area contributed by atoms with Crippen molar-refractivity contribution in [3.8, 4) is 0 Å². The monoisotopic (exact) mass is 322 g/mol. The van der Waals surface area contributed by atoms with E-state index in [0.29, 0.717) is 17.8 Å². The Morgan fingerprint density at radius 3 is 2.52 bits per heavy atom. The Bertz CT molecular complexity index is 858. The maximum atomic E-state index is 14.4. The van der Waals surface area contributed by atoms with Gasteiger partial charge in [-0.1, -0.05) is 4.91 Å². The van der Waals surface area contributed by atoms with E-state index >= 15 is 0 Å². The summed E-state index contributed by atoms with van der Waals surface area (Å²) in [4.78, 5) is 25.5. The molecule has 1 aromatic heterocycles. The summed E-state index contributed by atoms with van der Waals surface area (Å²) in [6.07, 6.45) is 2.97. The third-order valence-corrected chi connectivity index (χ3v) is 4.09. The van der Waals surface area contributed by atoms with E-state index in [1.165, 1.54) is 6.07 Å². The van der Waals surface area contributed by atoms with E-state index in [1.54, 1.807) is 0 Å². The predicted molar refractivity (Wildman–Crippen MR) is 81.4 cm³/mol. The first-order chi connectivity index (χ1) is 10.9. The van der Waals surface area contributed by atoms with Crippen molar-refractivity contribution in [3.05, 3.63) is 28.6 Å². The molecule has 122 valence electrons. The van der Waals surface area contributed by atoms with Crippen LogP contribution in [-0.4, -0.2) is 28.9 Å². The van der Waals surface area contributed by atoms with E-state index in [-0.39, 0.29) is 21.1 Å². The van der Waals surface area contributed by atoms with Crippen LogP contribution in [0.15, 0.2) is 12.1 Å². The summed E-state index contributed by atoms with van der Waals surface area (Å²) in [6.45, 7) is 1.38. The molecule has 0 atom stereocenters. The number of hydrogen-bond donors (Lipinski definition) is 3. The second-order valence-corrected chi connectivity index (χ2v) is 5.54. The number of rotatable bonds is 2. The molecular formula is C14H17FN5O3+. The highest BCUT2D eigenvalue weighted by Gasteiger charge is 2.27. The average Bonchev–Trinajstić information content (AvgIpc) is 2.53. The molecule has 0 radical (unpaired) electrons. The zero-order valence-corrected chi connectivity index (χ0v) is 12.3. The summed E-state index contributed by atoms with van der Waals surface area (Å²) in [5.41, 5.74) is 10.1. The number of carbonyl (C=O) groups is 1. The van der Waals surface area contributed by atoms with Crippen molar-refractivity contribution in [1.82, 2.24) is 4.73 Å². The van der Waals surface area contributed by atoms with Crippen LogP contribution < -0.4 is 20.8 Å². The first kappa shape index (κ1) is 15.1. The number of hydrogen-bond acceptors (Lipinski definition) is 5. The number of halogens is 1. The van der Waals surface area contributed by atoms with Gasteiger partial charge in [0.1, 0.15) is 11.3 Å². The van der Waals surface area contributed by atoms with Crippen LogP contribution in [0.25, 0.3) is 11.0 Å². The Hall–Kier alpha value is -2.84. The van der Waals surface area contributed by atoms with Crippen LogP contribution in [0.5, 0.6) is 0 Å². The van der Waals surface area contributed by atoms with Gasteiger partial charge in [-0.3, -0.25) is 10.5 Å². The van der Waals surface area contributed by atoms with Crippen molar-refractivity contribution in [3.63, 3.8) is 0 Å². The Balaban J connectivity index is 2.28. The number of nitrogens with zero attached hydrogens (tertiary/aromatic N) is 3. The van der Waals surface area contributed by atoms with Crippen molar-refractivity contribution in [1.29, 1.82) is 0 Å². The number of piperidine rings is 1. The standard InChI is InChI=1S/C14H16FN5O3/c15-8-6-10-11(7-9(8)18-4-2-1-3-5-18)20(23)13(16)12(14(17)21)19(10)22/h6-7,22H,1-5H2,(H3-,16,17,21)/p+1. The molecule has 0 saturated carbocycles. The number of amides is 1. The second kappa shape index (κ2) is 5.41. The summed E-state index contributed by atoms with van der Waals surface area (Å²) >= 11 is 0. The number of carbonyl (C=O) groups excluding carboxylic acids is 1. The molecular weight excluding hydrogens is 305 g/mol. The summed E-state index contributed by atoms with van der Waals surface area (Å²) in [7, 11) is 0. The summed E-state index contributed by atoms with van der Waals surface area (Å²) in [6, 6.07) is 2.33. The maximum absolute atomic E-state index is 14.4. The van der Waals surface area contributed by atoms with Crippen molar-refractivity contribution >= 4 is 28.4 Å². The topological polar surface area (TPSA) is 120 Å². The lowest BCUT2D eigenvalue weighted by atomic mass is 10.1. The highest BCUT2D eigenvalue weighted by molar-refractivity contribution is 5.96. The number of fused-ring (bicyclic) bond motifs is 1. The summed E-state index contributed by atoms with van der Waals surface area (Å²) in [5, 5.41) is 10.1. The van der Waals surface area contributed by atoms with Crippen LogP contribution in [0.2, 0.25) is 0 Å². The molecule has 0 bridgehead atoms. The zero-order valence-electron chi connectivity index (χ0n) is 12.3. The van der Waals surface area contributed by atoms with Crippen molar-refractivity contribution in [2.75, 3.05) is 23.7 Å². The third kappa shape index (κ3) is 2.33. The van der Waals surface area contributed by atoms with Crippen LogP contribution in [0, 0.1) is 10.7 Å². The van der Waals surface area contributed by atoms with E-state index in [2.05, 4.69) is 0 Å². The van der Waals surface area contributed by atoms with E-state index in [9.17, 15) is 19.3 Å². The molecule has 5 N–H and O–H groups in total. The molecule has 1 fully saturated rings. The van der Waals surface area contributed by atoms with Gasteiger partial charge in [-0.05, 0) is 19.3 Å². The Labute approximate surface area is 130 Å². The molecule has 3 rings (SSSR count). The van der Waals surface area contributed by atoms with Gasteiger partial charge in [-0.15, -0.1) is 0 Å². The minimum Gasteiger partial charge on any atom is -0.427 e. The molecule has 9 heteroatoms. The SMILES string of the molecule is NC(=O)c1c(N)[n+](=O)c2cc(N3CCCCC3)c(F)cc2n1O. The molecule has 2 aromatic rings. The van der Waals surface area contributed by atoms with Gasteiger partial charge in [-0.25, -0.2) is 4.39 Å². The van der Waals surface area contributed by atoms with E-state index in [1.807, 2.05) is 4.90 Å². The molecule has 0 aliphatic carbocycles. The number of aromatic nitrogens is 2. The minimum absolute atomic E-state index is 0.0445. The van der Waals surface area contributed by atoms with E-state index in [4.69, 9.17) is 11.5 Å². The minimum atomic E-state index is -1.09. The molecule has 1 aromatic carbocycles. The Morgan fingerprint density at radius 2 is 1.91 bits per heavy atom. The fraction of sp³-hybridized carbons (Fsp3) is 0.357.